The van der Waals surface area contributed by atoms with E-state index >= 15 is 0 Å². The molecule has 0 aliphatic heterocycles. The van der Waals surface area contributed by atoms with Crippen LogP contribution in [0, 0.1) is 6.92 Å². The van der Waals surface area contributed by atoms with E-state index in [1.165, 1.54) is 0 Å². The molecular weight excluding hydrogens is 150 g/mol. The minimum Gasteiger partial charge on any atom is -0.508 e. The molecule has 3 N–H and O–H groups in total. The van der Waals surface area contributed by atoms with Crippen molar-refractivity contribution in [2.45, 2.75) is 26.7 Å². The van der Waals surface area contributed by atoms with Gasteiger partial charge >= 0.3 is 0 Å². The van der Waals surface area contributed by atoms with Gasteiger partial charge in [0.05, 0.1) is 0 Å². The van der Waals surface area contributed by atoms with Crippen LogP contribution in [0.25, 0.3) is 0 Å². The number of anilines is 1. The average molecular weight is 165 g/mol. The van der Waals surface area contributed by atoms with Crippen molar-refractivity contribution in [3.8, 4) is 5.75 Å². The minimum atomic E-state index is 0.269. The molecule has 0 aromatic heterocycles. The molecule has 0 radical (unpaired) electrons. The van der Waals surface area contributed by atoms with Crippen LogP contribution in [0.4, 0.5) is 5.69 Å². The Labute approximate surface area is 73.0 Å². The number of hydrogen-bond acceptors (Lipinski definition) is 2. The zero-order valence-electron chi connectivity index (χ0n) is 7.76. The van der Waals surface area contributed by atoms with Crippen LogP contribution >= 0.6 is 0 Å². The van der Waals surface area contributed by atoms with Gasteiger partial charge in [0, 0.05) is 11.3 Å². The second-order valence-electron chi connectivity index (χ2n) is 3.44. The lowest BCUT2D eigenvalue weighted by Gasteiger charge is -2.12. The monoisotopic (exact) mass is 165 g/mol. The van der Waals surface area contributed by atoms with Crippen molar-refractivity contribution < 1.29 is 5.11 Å². The van der Waals surface area contributed by atoms with Gasteiger partial charge in [0.1, 0.15) is 5.75 Å². The highest BCUT2D eigenvalue weighted by molar-refractivity contribution is 5.57. The van der Waals surface area contributed by atoms with Gasteiger partial charge in [0.15, 0.2) is 0 Å². The fourth-order valence-electron chi connectivity index (χ4n) is 1.44. The predicted molar refractivity (Wildman–Crippen MR) is 51.3 cm³/mol. The molecule has 2 heteroatoms. The van der Waals surface area contributed by atoms with E-state index in [2.05, 4.69) is 0 Å². The number of hydrogen-bond donors (Lipinski definition) is 2. The number of nitrogen functional groups attached to an aromatic ring is 1. The lowest BCUT2D eigenvalue weighted by Crippen LogP contribution is -1.97. The Hall–Kier alpha value is -1.18. The van der Waals surface area contributed by atoms with Gasteiger partial charge in [-0.2, -0.15) is 0 Å². The van der Waals surface area contributed by atoms with Crippen LogP contribution < -0.4 is 5.73 Å². The van der Waals surface area contributed by atoms with Gasteiger partial charge in [-0.3, -0.25) is 0 Å². The quantitative estimate of drug-likeness (QED) is 0.628. The van der Waals surface area contributed by atoms with Crippen molar-refractivity contribution in [1.29, 1.82) is 0 Å². The number of aromatic hydroxyl groups is 1. The molecule has 0 bridgehead atoms. The molecule has 1 rings (SSSR count). The molecular formula is C10H15NO. The zero-order chi connectivity index (χ0) is 9.30. The number of aryl methyl sites for hydroxylation is 1. The minimum absolute atomic E-state index is 0.269. The first-order chi connectivity index (χ1) is 5.52. The smallest absolute Gasteiger partial charge is 0.121 e. The van der Waals surface area contributed by atoms with E-state index < -0.39 is 0 Å². The second kappa shape index (κ2) is 3.05. The maximum atomic E-state index is 9.56. The van der Waals surface area contributed by atoms with Crippen LogP contribution in [0.15, 0.2) is 12.1 Å². The van der Waals surface area contributed by atoms with Crippen molar-refractivity contribution in [1.82, 2.24) is 0 Å². The first-order valence-electron chi connectivity index (χ1n) is 4.11. The van der Waals surface area contributed by atoms with E-state index in [0.29, 0.717) is 11.4 Å². The Balaban J connectivity index is 3.28. The molecule has 0 aliphatic rings. The van der Waals surface area contributed by atoms with E-state index in [0.717, 1.165) is 11.1 Å². The van der Waals surface area contributed by atoms with Gasteiger partial charge in [-0.25, -0.2) is 0 Å². The van der Waals surface area contributed by atoms with E-state index in [9.17, 15) is 5.11 Å². The van der Waals surface area contributed by atoms with Crippen LogP contribution in [0.2, 0.25) is 0 Å². The molecule has 0 saturated carbocycles. The van der Waals surface area contributed by atoms with E-state index in [4.69, 9.17) is 5.73 Å². The molecule has 1 aromatic carbocycles. The third kappa shape index (κ3) is 1.52. The van der Waals surface area contributed by atoms with Gasteiger partial charge in [-0.15, -0.1) is 0 Å². The molecule has 0 saturated heterocycles. The van der Waals surface area contributed by atoms with Crippen LogP contribution in [-0.4, -0.2) is 5.11 Å². The molecule has 0 atom stereocenters. The van der Waals surface area contributed by atoms with Crippen molar-refractivity contribution >= 4 is 5.69 Å². The Morgan fingerprint density at radius 3 is 2.33 bits per heavy atom. The predicted octanol–water partition coefficient (Wildman–Crippen LogP) is 2.41. The standard InChI is InChI=1S/C10H15NO/c1-6(2)10-8(11)4-7(3)5-9(10)12/h4-6,12H,11H2,1-3H3. The Morgan fingerprint density at radius 2 is 1.92 bits per heavy atom. The first kappa shape index (κ1) is 8.91. The zero-order valence-corrected chi connectivity index (χ0v) is 7.76. The van der Waals surface area contributed by atoms with Gasteiger partial charge in [0.25, 0.3) is 0 Å². The first-order valence-corrected chi connectivity index (χ1v) is 4.11. The van der Waals surface area contributed by atoms with E-state index in [1.807, 2.05) is 26.8 Å². The summed E-state index contributed by atoms with van der Waals surface area (Å²) in [4.78, 5) is 0. The molecule has 66 valence electrons. The highest BCUT2D eigenvalue weighted by Crippen LogP contribution is 2.31. The molecule has 0 amide bonds. The highest BCUT2D eigenvalue weighted by Gasteiger charge is 2.09. The van der Waals surface area contributed by atoms with Crippen molar-refractivity contribution in [2.75, 3.05) is 5.73 Å². The lowest BCUT2D eigenvalue weighted by molar-refractivity contribution is 0.465. The van der Waals surface area contributed by atoms with Gasteiger partial charge in [-0.05, 0) is 30.5 Å². The van der Waals surface area contributed by atoms with Crippen LogP contribution in [0.1, 0.15) is 30.9 Å². The summed E-state index contributed by atoms with van der Waals surface area (Å²) in [5.74, 6) is 0.577. The summed E-state index contributed by atoms with van der Waals surface area (Å²) in [6, 6.07) is 3.63. The van der Waals surface area contributed by atoms with Crippen molar-refractivity contribution in [2.24, 2.45) is 0 Å². The molecule has 0 fully saturated rings. The largest absolute Gasteiger partial charge is 0.508 e. The van der Waals surface area contributed by atoms with Crippen LogP contribution in [0.3, 0.4) is 0 Å². The van der Waals surface area contributed by atoms with Crippen LogP contribution in [0.5, 0.6) is 5.75 Å². The second-order valence-corrected chi connectivity index (χ2v) is 3.44. The third-order valence-electron chi connectivity index (χ3n) is 1.91. The van der Waals surface area contributed by atoms with E-state index in [1.54, 1.807) is 6.07 Å². The van der Waals surface area contributed by atoms with Crippen molar-refractivity contribution in [3.05, 3.63) is 23.3 Å². The molecule has 12 heavy (non-hydrogen) atoms. The molecule has 0 heterocycles. The summed E-state index contributed by atoms with van der Waals surface area (Å²) in [5.41, 5.74) is 8.29. The maximum Gasteiger partial charge on any atom is 0.121 e. The van der Waals surface area contributed by atoms with Crippen molar-refractivity contribution in [3.63, 3.8) is 0 Å². The Morgan fingerprint density at radius 1 is 1.33 bits per heavy atom. The highest BCUT2D eigenvalue weighted by atomic mass is 16.3. The molecule has 0 unspecified atom stereocenters. The SMILES string of the molecule is Cc1cc(N)c(C(C)C)c(O)c1. The Kier molecular flexibility index (Phi) is 2.27. The summed E-state index contributed by atoms with van der Waals surface area (Å²) in [6.07, 6.45) is 0. The molecule has 1 aromatic rings. The number of rotatable bonds is 1. The van der Waals surface area contributed by atoms with Gasteiger partial charge < -0.3 is 10.8 Å². The fourth-order valence-corrected chi connectivity index (χ4v) is 1.44. The molecule has 0 spiro atoms. The van der Waals surface area contributed by atoms with Gasteiger partial charge in [-0.1, -0.05) is 13.8 Å². The summed E-state index contributed by atoms with van der Waals surface area (Å²) in [7, 11) is 0. The van der Waals surface area contributed by atoms with E-state index in [-0.39, 0.29) is 5.92 Å². The number of nitrogens with two attached hydrogens (primary N) is 1. The summed E-state index contributed by atoms with van der Waals surface area (Å²) in [5, 5.41) is 9.56. The molecule has 2 nitrogen and oxygen atoms in total. The summed E-state index contributed by atoms with van der Waals surface area (Å²) < 4.78 is 0. The normalized spacial score (nSPS) is 10.7. The topological polar surface area (TPSA) is 46.2 Å². The average Bonchev–Trinajstić information content (AvgIpc) is 1.82. The molecule has 0 aliphatic carbocycles. The number of benzene rings is 1. The van der Waals surface area contributed by atoms with Crippen LogP contribution in [-0.2, 0) is 0 Å². The number of phenolic OH excluding ortho intramolecular Hbond substituents is 1. The summed E-state index contributed by atoms with van der Waals surface area (Å²) >= 11 is 0. The summed E-state index contributed by atoms with van der Waals surface area (Å²) in [6.45, 7) is 5.95. The van der Waals surface area contributed by atoms with Gasteiger partial charge in [0.2, 0.25) is 0 Å². The lowest BCUT2D eigenvalue weighted by atomic mass is 9.98. The maximum absolute atomic E-state index is 9.56. The Bertz CT molecular complexity index is 269. The third-order valence-corrected chi connectivity index (χ3v) is 1.91. The number of phenols is 1. The fraction of sp³-hybridized carbons (Fsp3) is 0.400.